The van der Waals surface area contributed by atoms with Crippen molar-refractivity contribution < 1.29 is 26.3 Å². The Kier molecular flexibility index (Phi) is 3.28. The summed E-state index contributed by atoms with van der Waals surface area (Å²) in [5.74, 6) is 0. The summed E-state index contributed by atoms with van der Waals surface area (Å²) >= 11 is -6.71. The molecule has 0 aromatic heterocycles. The van der Waals surface area contributed by atoms with E-state index in [2.05, 4.69) is 17.9 Å². The van der Waals surface area contributed by atoms with Crippen LogP contribution in [0.1, 0.15) is 0 Å². The maximum atomic E-state index is 11.4. The Bertz CT molecular complexity index is 130. The molecule has 0 bridgehead atoms. The van der Waals surface area contributed by atoms with Crippen molar-refractivity contribution in [1.82, 2.24) is 0 Å². The molecule has 11 heavy (non-hydrogen) atoms. The Morgan fingerprint density at radius 2 is 0.909 bits per heavy atom. The third-order valence-corrected chi connectivity index (χ3v) is 8.59. The molecular formula is C2Cl2F6Te. The molecule has 0 unspecified atom stereocenters. The third kappa shape index (κ3) is 2.44. The number of rotatable bonds is 0. The van der Waals surface area contributed by atoms with E-state index >= 15 is 0 Å². The van der Waals surface area contributed by atoms with Crippen molar-refractivity contribution in [3.63, 3.8) is 0 Å². The van der Waals surface area contributed by atoms with E-state index in [0.717, 1.165) is 0 Å². The minimum atomic E-state index is -6.71. The summed E-state index contributed by atoms with van der Waals surface area (Å²) in [5, 5.41) is 0. The first-order chi connectivity index (χ1) is 4.50. The molecule has 0 spiro atoms. The Balaban J connectivity index is 4.75. The first-order valence-corrected chi connectivity index (χ1v) is 10.1. The van der Waals surface area contributed by atoms with Crippen LogP contribution in [-0.2, 0) is 0 Å². The summed E-state index contributed by atoms with van der Waals surface area (Å²) < 4.78 is 57.5. The molecule has 0 radical (unpaired) electrons. The molecule has 70 valence electrons. The van der Waals surface area contributed by atoms with Gasteiger partial charge in [-0.2, -0.15) is 0 Å². The topological polar surface area (TPSA) is 0 Å². The van der Waals surface area contributed by atoms with E-state index in [-0.39, 0.29) is 0 Å². The van der Waals surface area contributed by atoms with Gasteiger partial charge in [0.2, 0.25) is 0 Å². The SMILES string of the molecule is FC(F)(F)[Te](Cl)(Cl)C(F)(F)F. The number of halogens is 8. The molecule has 0 aromatic rings. The Morgan fingerprint density at radius 1 is 0.727 bits per heavy atom. The van der Waals surface area contributed by atoms with Gasteiger partial charge in [-0.05, 0) is 0 Å². The van der Waals surface area contributed by atoms with E-state index in [1.807, 2.05) is 0 Å². The van der Waals surface area contributed by atoms with Gasteiger partial charge in [-0.3, -0.25) is 0 Å². The Labute approximate surface area is 68.7 Å². The zero-order valence-electron chi connectivity index (χ0n) is 4.43. The molecule has 0 amide bonds. The molecule has 0 aliphatic rings. The van der Waals surface area contributed by atoms with E-state index in [1.165, 1.54) is 0 Å². The van der Waals surface area contributed by atoms with Gasteiger partial charge in [-0.1, -0.05) is 0 Å². The Morgan fingerprint density at radius 3 is 0.909 bits per heavy atom. The van der Waals surface area contributed by atoms with Crippen molar-refractivity contribution in [2.24, 2.45) is 0 Å². The summed E-state index contributed by atoms with van der Waals surface area (Å²) in [6.07, 6.45) is 0. The van der Waals surface area contributed by atoms with Gasteiger partial charge in [-0.15, -0.1) is 0 Å². The molecule has 0 rings (SSSR count). The van der Waals surface area contributed by atoms with Crippen LogP contribution in [0.25, 0.3) is 0 Å². The van der Waals surface area contributed by atoms with Crippen molar-refractivity contribution >= 4 is 33.9 Å². The summed E-state index contributed by atoms with van der Waals surface area (Å²) in [7, 11) is 8.39. The van der Waals surface area contributed by atoms with Crippen molar-refractivity contribution in [1.29, 1.82) is 0 Å². The maximum absolute atomic E-state index is 11.4. The van der Waals surface area contributed by atoms with Crippen molar-refractivity contribution in [3.05, 3.63) is 0 Å². The van der Waals surface area contributed by atoms with Crippen LogP contribution in [0.2, 0.25) is 0 Å². The fourth-order valence-electron chi connectivity index (χ4n) is 0.131. The number of hydrogen-bond donors (Lipinski definition) is 0. The van der Waals surface area contributed by atoms with Crippen LogP contribution in [0.4, 0.5) is 26.3 Å². The summed E-state index contributed by atoms with van der Waals surface area (Å²) in [4.78, 5) is 0. The predicted octanol–water partition coefficient (Wildman–Crippen LogP) is 3.11. The van der Waals surface area contributed by atoms with Gasteiger partial charge in [-0.25, -0.2) is 0 Å². The second-order valence-electron chi connectivity index (χ2n) is 1.36. The molecule has 0 aromatic carbocycles. The molecule has 0 saturated heterocycles. The van der Waals surface area contributed by atoms with Crippen LogP contribution in [-0.4, -0.2) is 24.4 Å². The Hall–Kier alpha value is 0.950. The van der Waals surface area contributed by atoms with Crippen molar-refractivity contribution in [2.75, 3.05) is 0 Å². The second kappa shape index (κ2) is 3.02. The molecule has 0 atom stereocenters. The van der Waals surface area contributed by atoms with Crippen LogP contribution in [0.5, 0.6) is 0 Å². The molecule has 0 aliphatic heterocycles. The van der Waals surface area contributed by atoms with Gasteiger partial charge in [0, 0.05) is 0 Å². The zero-order chi connectivity index (χ0) is 9.50. The monoisotopic (exact) mass is 338 g/mol. The summed E-state index contributed by atoms with van der Waals surface area (Å²) in [5.41, 5.74) is 0. The van der Waals surface area contributed by atoms with Crippen molar-refractivity contribution in [2.45, 2.75) is 8.45 Å². The molecule has 0 heterocycles. The van der Waals surface area contributed by atoms with Gasteiger partial charge in [0.1, 0.15) is 0 Å². The molecular weight excluding hydrogens is 337 g/mol. The predicted molar refractivity (Wildman–Crippen MR) is 29.6 cm³/mol. The minimum absolute atomic E-state index is 4.19. The van der Waals surface area contributed by atoms with E-state index in [4.69, 9.17) is 0 Å². The zero-order valence-corrected chi connectivity index (χ0v) is 8.27. The average molecular weight is 337 g/mol. The molecule has 0 fully saturated rings. The van der Waals surface area contributed by atoms with E-state index in [9.17, 15) is 26.3 Å². The van der Waals surface area contributed by atoms with Crippen LogP contribution in [0.3, 0.4) is 0 Å². The number of hydrogen-bond acceptors (Lipinski definition) is 0. The van der Waals surface area contributed by atoms with Gasteiger partial charge in [0.25, 0.3) is 0 Å². The van der Waals surface area contributed by atoms with Crippen LogP contribution in [0, 0.1) is 0 Å². The van der Waals surface area contributed by atoms with Crippen molar-refractivity contribution in [3.8, 4) is 0 Å². The van der Waals surface area contributed by atoms with Gasteiger partial charge in [0.15, 0.2) is 0 Å². The molecule has 0 N–H and O–H groups in total. The van der Waals surface area contributed by atoms with Crippen LogP contribution >= 0.6 is 17.9 Å². The third-order valence-electron chi connectivity index (χ3n) is 0.581. The summed E-state index contributed by atoms with van der Waals surface area (Å²) in [6.45, 7) is 0. The van der Waals surface area contributed by atoms with Gasteiger partial charge < -0.3 is 0 Å². The number of alkyl halides is 6. The standard InChI is InChI=1S/C2Cl2F6Te/c3-11(4,1(5,6)7)2(8,9)10. The fourth-order valence-corrected chi connectivity index (χ4v) is 0.880. The first kappa shape index (κ1) is 11.9. The average Bonchev–Trinajstić information content (AvgIpc) is 1.58. The molecule has 0 saturated carbocycles. The van der Waals surface area contributed by atoms with E-state index in [1.54, 1.807) is 0 Å². The van der Waals surface area contributed by atoms with Gasteiger partial charge in [0.05, 0.1) is 0 Å². The van der Waals surface area contributed by atoms with Crippen LogP contribution < -0.4 is 0 Å². The van der Waals surface area contributed by atoms with Gasteiger partial charge >= 0.3 is 68.7 Å². The quantitative estimate of drug-likeness (QED) is 0.471. The normalized spacial score (nSPS) is 16.7. The molecule has 0 aliphatic carbocycles. The summed E-state index contributed by atoms with van der Waals surface area (Å²) in [6, 6.07) is 0. The second-order valence-corrected chi connectivity index (χ2v) is 14.0. The van der Waals surface area contributed by atoms with E-state index < -0.39 is 24.4 Å². The fraction of sp³-hybridized carbons (Fsp3) is 1.00. The van der Waals surface area contributed by atoms with E-state index in [0.29, 0.717) is 0 Å². The molecule has 9 heteroatoms. The first-order valence-electron chi connectivity index (χ1n) is 1.85. The molecule has 0 nitrogen and oxygen atoms in total. The van der Waals surface area contributed by atoms with Crippen LogP contribution in [0.15, 0.2) is 0 Å².